The van der Waals surface area contributed by atoms with Gasteiger partial charge in [-0.15, -0.1) is 0 Å². The van der Waals surface area contributed by atoms with Gasteiger partial charge in [-0.25, -0.2) is 8.42 Å². The lowest BCUT2D eigenvalue weighted by molar-refractivity contribution is 0.0790. The van der Waals surface area contributed by atoms with Crippen LogP contribution in [0.4, 0.5) is 0 Å². The van der Waals surface area contributed by atoms with Crippen LogP contribution in [0, 0.1) is 0 Å². The van der Waals surface area contributed by atoms with Crippen molar-refractivity contribution in [3.8, 4) is 0 Å². The molecule has 0 aliphatic carbocycles. The van der Waals surface area contributed by atoms with Crippen LogP contribution in [0.25, 0.3) is 0 Å². The van der Waals surface area contributed by atoms with E-state index < -0.39 is 23.8 Å². The summed E-state index contributed by atoms with van der Waals surface area (Å²) in [6.07, 6.45) is 1.70. The van der Waals surface area contributed by atoms with Gasteiger partial charge in [0.15, 0.2) is 9.84 Å². The van der Waals surface area contributed by atoms with E-state index in [2.05, 4.69) is 38.1 Å². The van der Waals surface area contributed by atoms with E-state index >= 15 is 0 Å². The van der Waals surface area contributed by atoms with E-state index in [0.717, 1.165) is 23.2 Å². The summed E-state index contributed by atoms with van der Waals surface area (Å²) >= 11 is 0. The molecule has 3 aromatic carbocycles. The largest absolute Gasteiger partial charge is 0.403 e. The molecule has 6 heteroatoms. The van der Waals surface area contributed by atoms with Crippen LogP contribution in [-0.2, 0) is 19.0 Å². The fourth-order valence-corrected chi connectivity index (χ4v) is 11.0. The highest BCUT2D eigenvalue weighted by molar-refractivity contribution is 7.91. The maximum atomic E-state index is 13.3. The quantitative estimate of drug-likeness (QED) is 0.283. The zero-order valence-corrected chi connectivity index (χ0v) is 21.6. The maximum Gasteiger partial charge on any atom is 0.257 e. The van der Waals surface area contributed by atoms with Gasteiger partial charge in [-0.1, -0.05) is 78.9 Å². The third-order valence-corrected chi connectivity index (χ3v) is 12.4. The van der Waals surface area contributed by atoms with Crippen LogP contribution in [0.3, 0.4) is 0 Å². The molecular formula is C27H34O4SSi. The van der Waals surface area contributed by atoms with Crippen LogP contribution < -0.4 is 10.4 Å². The average Bonchev–Trinajstić information content (AvgIpc) is 2.83. The van der Waals surface area contributed by atoms with Crippen molar-refractivity contribution in [3.63, 3.8) is 0 Å². The highest BCUT2D eigenvalue weighted by atomic mass is 32.2. The zero-order valence-electron chi connectivity index (χ0n) is 19.7. The van der Waals surface area contributed by atoms with E-state index in [4.69, 9.17) is 9.16 Å². The first kappa shape index (κ1) is 25.4. The first-order valence-electron chi connectivity index (χ1n) is 11.4. The minimum absolute atomic E-state index is 0.0289. The topological polar surface area (TPSA) is 52.6 Å². The second-order valence-corrected chi connectivity index (χ2v) is 14.5. The van der Waals surface area contributed by atoms with Crippen LogP contribution in [0.15, 0.2) is 95.9 Å². The highest BCUT2D eigenvalue weighted by Crippen LogP contribution is 2.27. The van der Waals surface area contributed by atoms with Crippen molar-refractivity contribution < 1.29 is 17.6 Å². The average molecular weight is 483 g/mol. The van der Waals surface area contributed by atoms with Crippen molar-refractivity contribution >= 4 is 28.5 Å². The molecule has 0 aliphatic rings. The van der Waals surface area contributed by atoms with Crippen LogP contribution in [-0.4, -0.2) is 41.8 Å². The lowest BCUT2D eigenvalue weighted by Crippen LogP contribution is -2.64. The third kappa shape index (κ3) is 6.64. The molecule has 0 N–H and O–H groups in total. The van der Waals surface area contributed by atoms with Gasteiger partial charge in [0.25, 0.3) is 8.32 Å². The number of methoxy groups -OCH3 is 1. The van der Waals surface area contributed by atoms with Gasteiger partial charge in [0.2, 0.25) is 0 Å². The van der Waals surface area contributed by atoms with Gasteiger partial charge in [-0.05, 0) is 55.2 Å². The van der Waals surface area contributed by atoms with E-state index in [1.54, 1.807) is 31.4 Å². The van der Waals surface area contributed by atoms with E-state index in [0.29, 0.717) is 17.5 Å². The third-order valence-electron chi connectivity index (χ3n) is 5.88. The number of hydrogen-bond donors (Lipinski definition) is 0. The summed E-state index contributed by atoms with van der Waals surface area (Å²) in [6, 6.07) is 29.5. The summed E-state index contributed by atoms with van der Waals surface area (Å²) in [5.74, 6) is 0.0289. The van der Waals surface area contributed by atoms with Gasteiger partial charge in [-0.2, -0.15) is 0 Å². The Morgan fingerprint density at radius 3 is 1.76 bits per heavy atom. The summed E-state index contributed by atoms with van der Waals surface area (Å²) in [5, 5.41) is 2.17. The molecule has 3 rings (SSSR count). The molecule has 0 unspecified atom stereocenters. The molecule has 4 nitrogen and oxygen atoms in total. The molecule has 33 heavy (non-hydrogen) atoms. The number of hydrogen-bond acceptors (Lipinski definition) is 4. The smallest absolute Gasteiger partial charge is 0.257 e. The summed E-state index contributed by atoms with van der Waals surface area (Å²) in [7, 11) is -4.65. The Kier molecular flexibility index (Phi) is 8.65. The van der Waals surface area contributed by atoms with Crippen molar-refractivity contribution in [2.75, 3.05) is 19.5 Å². The van der Waals surface area contributed by atoms with Gasteiger partial charge in [0, 0.05) is 13.7 Å². The highest BCUT2D eigenvalue weighted by Gasteiger charge is 2.44. The fourth-order valence-electron chi connectivity index (χ4n) is 4.23. The minimum Gasteiger partial charge on any atom is -0.403 e. The molecule has 0 amide bonds. The lowest BCUT2D eigenvalue weighted by Gasteiger charge is -2.40. The molecule has 0 saturated heterocycles. The Labute approximate surface area is 199 Å². The molecule has 0 spiro atoms. The van der Waals surface area contributed by atoms with Gasteiger partial charge in [-0.3, -0.25) is 0 Å². The number of sulfone groups is 1. The van der Waals surface area contributed by atoms with Gasteiger partial charge in [0.05, 0.1) is 16.2 Å². The van der Waals surface area contributed by atoms with Gasteiger partial charge < -0.3 is 9.16 Å². The van der Waals surface area contributed by atoms with Gasteiger partial charge >= 0.3 is 0 Å². The first-order valence-corrected chi connectivity index (χ1v) is 15.1. The van der Waals surface area contributed by atoms with Crippen molar-refractivity contribution in [1.29, 1.82) is 0 Å². The Balaban J connectivity index is 2.05. The zero-order chi connectivity index (χ0) is 23.8. The Morgan fingerprint density at radius 1 is 0.788 bits per heavy atom. The Morgan fingerprint density at radius 2 is 1.27 bits per heavy atom. The predicted octanol–water partition coefficient (Wildman–Crippen LogP) is 4.44. The molecule has 0 aromatic heterocycles. The first-order chi connectivity index (χ1) is 15.8. The Bertz CT molecular complexity index is 1050. The monoisotopic (exact) mass is 482 g/mol. The van der Waals surface area contributed by atoms with Crippen LogP contribution in [0.1, 0.15) is 26.7 Å². The molecule has 3 aromatic rings. The molecule has 0 saturated carbocycles. The molecule has 0 bridgehead atoms. The molecule has 176 valence electrons. The minimum atomic E-state index is -3.45. The lowest BCUT2D eigenvalue weighted by atomic mass is 10.0. The van der Waals surface area contributed by atoms with E-state index in [-0.39, 0.29) is 5.75 Å². The maximum absolute atomic E-state index is 13.3. The predicted molar refractivity (Wildman–Crippen MR) is 137 cm³/mol. The van der Waals surface area contributed by atoms with Crippen molar-refractivity contribution in [3.05, 3.63) is 91.0 Å². The molecule has 0 heterocycles. The second kappa shape index (κ2) is 11.2. The number of ether oxygens (including phenoxy) is 1. The number of rotatable bonds is 12. The molecule has 0 radical (unpaired) electrons. The fraction of sp³-hybridized carbons (Fsp3) is 0.333. The van der Waals surface area contributed by atoms with Crippen molar-refractivity contribution in [2.24, 2.45) is 0 Å². The second-order valence-electron chi connectivity index (χ2n) is 8.90. The standard InChI is InChI=1S/C27H34O4SSi/c1-27(2,20-13-21-30-3)31-33(25-16-9-5-10-17-25,26-18-11-6-12-19-26)23-22-32(28,29)24-14-7-4-8-15-24/h4-12,14-19H,13,20-23H2,1-3H3. The normalized spacial score (nSPS) is 12.6. The summed E-state index contributed by atoms with van der Waals surface area (Å²) in [5.41, 5.74) is -0.438. The Hall–Kier alpha value is -2.25. The molecule has 0 aliphatic heterocycles. The van der Waals surface area contributed by atoms with Gasteiger partial charge in [0.1, 0.15) is 0 Å². The summed E-state index contributed by atoms with van der Waals surface area (Å²) in [4.78, 5) is 0.355. The van der Waals surface area contributed by atoms with Crippen molar-refractivity contribution in [1.82, 2.24) is 0 Å². The van der Waals surface area contributed by atoms with E-state index in [1.165, 1.54) is 0 Å². The summed E-state index contributed by atoms with van der Waals surface area (Å²) < 4.78 is 38.9. The molecule has 0 fully saturated rings. The van der Waals surface area contributed by atoms with E-state index in [1.807, 2.05) is 42.5 Å². The summed E-state index contributed by atoms with van der Waals surface area (Å²) in [6.45, 7) is 4.87. The van der Waals surface area contributed by atoms with Crippen molar-refractivity contribution in [2.45, 2.75) is 43.2 Å². The van der Waals surface area contributed by atoms with Crippen LogP contribution >= 0.6 is 0 Å². The SMILES string of the molecule is COCCCC(C)(C)O[Si](CCS(=O)(=O)c1ccccc1)(c1ccccc1)c1ccccc1. The molecule has 0 atom stereocenters. The number of benzene rings is 3. The molecular weight excluding hydrogens is 448 g/mol. The van der Waals surface area contributed by atoms with E-state index in [9.17, 15) is 8.42 Å². The van der Waals surface area contributed by atoms with Crippen LogP contribution in [0.2, 0.25) is 6.04 Å². The van der Waals surface area contributed by atoms with Crippen LogP contribution in [0.5, 0.6) is 0 Å².